The number of rotatable bonds is 5. The Morgan fingerprint density at radius 3 is 2.28 bits per heavy atom. The lowest BCUT2D eigenvalue weighted by Crippen LogP contribution is -2.45. The highest BCUT2D eigenvalue weighted by molar-refractivity contribution is 7.98. The molecule has 0 saturated heterocycles. The summed E-state index contributed by atoms with van der Waals surface area (Å²) in [5, 5.41) is 11.1. The van der Waals surface area contributed by atoms with Gasteiger partial charge < -0.3 is 19.9 Å². The number of nitrogens with one attached hydrogen (secondary N) is 2. The van der Waals surface area contributed by atoms with Crippen molar-refractivity contribution in [3.8, 4) is 0 Å². The minimum atomic E-state index is -1.20. The van der Waals surface area contributed by atoms with Crippen LogP contribution in [0, 0.1) is 0 Å². The molecule has 0 radical (unpaired) electrons. The number of carboxylic acid groups (broad SMARTS) is 1. The van der Waals surface area contributed by atoms with Crippen molar-refractivity contribution in [1.82, 2.24) is 10.0 Å². The molecule has 0 aromatic carbocycles. The molecule has 18 heavy (non-hydrogen) atoms. The smallest absolute Gasteiger partial charge is 0.408 e. The van der Waals surface area contributed by atoms with Gasteiger partial charge in [-0.05, 0) is 32.7 Å². The average Bonchev–Trinajstić information content (AvgIpc) is 2.12. The maximum atomic E-state index is 11.4. The maximum Gasteiger partial charge on any atom is 0.408 e. The zero-order chi connectivity index (χ0) is 14.3. The molecule has 0 spiro atoms. The van der Waals surface area contributed by atoms with E-state index >= 15 is 0 Å². The Kier molecular flexibility index (Phi) is 6.53. The summed E-state index contributed by atoms with van der Waals surface area (Å²) >= 11 is 0.907. The molecule has 0 aromatic rings. The SMILES string of the molecule is CC(=O)NSC[C@H](NC(=O)OC(C)(C)C)C(=O)O. The highest BCUT2D eigenvalue weighted by Gasteiger charge is 2.23. The maximum absolute atomic E-state index is 11.4. The fourth-order valence-corrected chi connectivity index (χ4v) is 1.53. The molecule has 7 nitrogen and oxygen atoms in total. The van der Waals surface area contributed by atoms with Crippen LogP contribution in [0.5, 0.6) is 0 Å². The Balaban J connectivity index is 4.23. The van der Waals surface area contributed by atoms with Crippen molar-refractivity contribution in [2.75, 3.05) is 5.75 Å². The van der Waals surface area contributed by atoms with E-state index in [1.165, 1.54) is 6.92 Å². The van der Waals surface area contributed by atoms with Crippen LogP contribution in [0.15, 0.2) is 0 Å². The van der Waals surface area contributed by atoms with Gasteiger partial charge in [0, 0.05) is 12.7 Å². The third-order valence-corrected chi connectivity index (χ3v) is 2.39. The molecule has 0 aliphatic rings. The van der Waals surface area contributed by atoms with Crippen molar-refractivity contribution in [2.45, 2.75) is 39.3 Å². The molecule has 0 saturated carbocycles. The van der Waals surface area contributed by atoms with Crippen molar-refractivity contribution >= 4 is 29.9 Å². The highest BCUT2D eigenvalue weighted by Crippen LogP contribution is 2.07. The lowest BCUT2D eigenvalue weighted by Gasteiger charge is -2.21. The van der Waals surface area contributed by atoms with Crippen LogP contribution in [0.4, 0.5) is 4.79 Å². The number of aliphatic carboxylic acids is 1. The number of hydrogen-bond donors (Lipinski definition) is 3. The molecular formula is C10H18N2O5S. The van der Waals surface area contributed by atoms with Crippen LogP contribution >= 0.6 is 11.9 Å². The first-order chi connectivity index (χ1) is 8.11. The predicted octanol–water partition coefficient (Wildman–Crippen LogP) is 0.749. The van der Waals surface area contributed by atoms with Gasteiger partial charge in [0.25, 0.3) is 0 Å². The van der Waals surface area contributed by atoms with E-state index in [9.17, 15) is 14.4 Å². The van der Waals surface area contributed by atoms with Crippen LogP contribution < -0.4 is 10.0 Å². The van der Waals surface area contributed by atoms with Gasteiger partial charge in [-0.2, -0.15) is 0 Å². The van der Waals surface area contributed by atoms with E-state index in [0.717, 1.165) is 11.9 Å². The van der Waals surface area contributed by atoms with Crippen LogP contribution in [-0.4, -0.2) is 40.5 Å². The number of carbonyl (C=O) groups excluding carboxylic acids is 2. The molecule has 0 fully saturated rings. The summed E-state index contributed by atoms with van der Waals surface area (Å²) in [6.07, 6.45) is -0.807. The molecule has 0 aromatic heterocycles. The molecule has 0 aliphatic heterocycles. The fraction of sp³-hybridized carbons (Fsp3) is 0.700. The van der Waals surface area contributed by atoms with Crippen LogP contribution in [-0.2, 0) is 14.3 Å². The third-order valence-electron chi connectivity index (χ3n) is 1.45. The first kappa shape index (κ1) is 16.6. The second kappa shape index (κ2) is 7.10. The summed E-state index contributed by atoms with van der Waals surface area (Å²) in [7, 11) is 0. The molecular weight excluding hydrogens is 260 g/mol. The van der Waals surface area contributed by atoms with E-state index in [1.807, 2.05) is 0 Å². The molecule has 0 heterocycles. The van der Waals surface area contributed by atoms with Crippen molar-refractivity contribution in [3.63, 3.8) is 0 Å². The van der Waals surface area contributed by atoms with Crippen LogP contribution in [0.1, 0.15) is 27.7 Å². The Morgan fingerprint density at radius 1 is 1.33 bits per heavy atom. The largest absolute Gasteiger partial charge is 0.480 e. The van der Waals surface area contributed by atoms with Gasteiger partial charge in [0.2, 0.25) is 5.91 Å². The molecule has 8 heteroatoms. The normalized spacial score (nSPS) is 12.4. The van der Waals surface area contributed by atoms with Crippen LogP contribution in [0.25, 0.3) is 0 Å². The number of alkyl carbamates (subject to hydrolysis) is 1. The average molecular weight is 278 g/mol. The molecule has 3 N–H and O–H groups in total. The van der Waals surface area contributed by atoms with E-state index in [2.05, 4.69) is 10.0 Å². The number of ether oxygens (including phenoxy) is 1. The molecule has 0 unspecified atom stereocenters. The second-order valence-electron chi connectivity index (χ2n) is 4.51. The zero-order valence-corrected chi connectivity index (χ0v) is 11.6. The summed E-state index contributed by atoms with van der Waals surface area (Å²) in [5.74, 6) is -1.48. The van der Waals surface area contributed by atoms with Gasteiger partial charge in [0.15, 0.2) is 0 Å². The van der Waals surface area contributed by atoms with Gasteiger partial charge in [0.05, 0.1) is 0 Å². The van der Waals surface area contributed by atoms with Crippen molar-refractivity contribution in [2.24, 2.45) is 0 Å². The van der Waals surface area contributed by atoms with Crippen LogP contribution in [0.2, 0.25) is 0 Å². The summed E-state index contributed by atoms with van der Waals surface area (Å²) in [5.41, 5.74) is -0.697. The predicted molar refractivity (Wildman–Crippen MR) is 67.1 cm³/mol. The highest BCUT2D eigenvalue weighted by atomic mass is 32.2. The van der Waals surface area contributed by atoms with Gasteiger partial charge in [-0.3, -0.25) is 4.79 Å². The summed E-state index contributed by atoms with van der Waals surface area (Å²) in [6.45, 7) is 6.33. The monoisotopic (exact) mass is 278 g/mol. The Bertz CT molecular complexity index is 327. The lowest BCUT2D eigenvalue weighted by atomic mass is 10.2. The van der Waals surface area contributed by atoms with E-state index < -0.39 is 23.7 Å². The molecule has 0 bridgehead atoms. The molecule has 0 rings (SSSR count). The number of carboxylic acids is 1. The number of carbonyl (C=O) groups is 3. The fourth-order valence-electron chi connectivity index (χ4n) is 0.851. The summed E-state index contributed by atoms with van der Waals surface area (Å²) in [4.78, 5) is 32.9. The second-order valence-corrected chi connectivity index (χ2v) is 5.33. The van der Waals surface area contributed by atoms with Gasteiger partial charge in [-0.1, -0.05) is 0 Å². The van der Waals surface area contributed by atoms with Crippen LogP contribution in [0.3, 0.4) is 0 Å². The summed E-state index contributed by atoms with van der Waals surface area (Å²) < 4.78 is 7.31. The third kappa shape index (κ3) is 8.68. The van der Waals surface area contributed by atoms with E-state index in [0.29, 0.717) is 0 Å². The van der Waals surface area contributed by atoms with Crippen molar-refractivity contribution in [3.05, 3.63) is 0 Å². The topological polar surface area (TPSA) is 105 Å². The minimum absolute atomic E-state index is 0.00809. The van der Waals surface area contributed by atoms with E-state index in [1.54, 1.807) is 20.8 Å². The van der Waals surface area contributed by atoms with Gasteiger partial charge in [-0.15, -0.1) is 0 Å². The zero-order valence-electron chi connectivity index (χ0n) is 10.8. The Labute approximate surface area is 110 Å². The minimum Gasteiger partial charge on any atom is -0.480 e. The Hall–Kier alpha value is -1.44. The first-order valence-electron chi connectivity index (χ1n) is 5.22. The quantitative estimate of drug-likeness (QED) is 0.641. The Morgan fingerprint density at radius 2 is 1.89 bits per heavy atom. The number of amides is 2. The van der Waals surface area contributed by atoms with Crippen molar-refractivity contribution in [1.29, 1.82) is 0 Å². The van der Waals surface area contributed by atoms with E-state index in [-0.39, 0.29) is 11.7 Å². The van der Waals surface area contributed by atoms with Gasteiger partial charge in [-0.25, -0.2) is 9.59 Å². The molecule has 104 valence electrons. The van der Waals surface area contributed by atoms with Gasteiger partial charge in [0.1, 0.15) is 11.6 Å². The lowest BCUT2D eigenvalue weighted by molar-refractivity contribution is -0.138. The standard InChI is InChI=1S/C10H18N2O5S/c1-6(13)12-18-5-7(8(14)15)11-9(16)17-10(2,3)4/h7H,5H2,1-4H3,(H,11,16)(H,12,13)(H,14,15)/t7-/m0/s1. The molecule has 2 amide bonds. The van der Waals surface area contributed by atoms with E-state index in [4.69, 9.17) is 9.84 Å². The molecule has 0 aliphatic carbocycles. The number of hydrogen-bond acceptors (Lipinski definition) is 5. The van der Waals surface area contributed by atoms with Crippen molar-refractivity contribution < 1.29 is 24.2 Å². The van der Waals surface area contributed by atoms with Gasteiger partial charge >= 0.3 is 12.1 Å². The first-order valence-corrected chi connectivity index (χ1v) is 6.21. The summed E-state index contributed by atoms with van der Waals surface area (Å²) in [6, 6.07) is -1.13. The molecule has 1 atom stereocenters.